The first kappa shape index (κ1) is 88.5. The molecule has 25 aromatic carbocycles. The second-order valence-electron chi connectivity index (χ2n) is 37.9. The maximum atomic E-state index is 2.39. The highest BCUT2D eigenvalue weighted by Gasteiger charge is 2.23. The lowest BCUT2D eigenvalue weighted by Crippen LogP contribution is -2.10. The van der Waals surface area contributed by atoms with E-state index in [1.807, 2.05) is 0 Å². The van der Waals surface area contributed by atoms with Crippen LogP contribution < -0.4 is 14.7 Å². The zero-order valence-electron chi connectivity index (χ0n) is 81.3. The Morgan fingerprint density at radius 1 is 0.108 bits per heavy atom. The van der Waals surface area contributed by atoms with E-state index < -0.39 is 0 Å². The SMILES string of the molecule is c1ccc(-c2ccc(N(c3ccc(-c4ccc(-n5c6ccccc6c6ccccc65)cc4)cc3)c3ccc(-c4ccc5ccccc5c4)cc3)cc2)cc1.c1ccc(-c2ccc(N(c3ccc(-c4ccc5ccccc5c4)cc3)c3ccc(-n4c5ccccc5c5ccccc54)cc3)cc2)cc1.c1ccc(N(c2ccc(-c3ccc4ccccc4c3)cc2)c2ccc(-n3c4ccccc4c4c5ccccc5ccc43)cc2)cc1. The van der Waals surface area contributed by atoms with Crippen LogP contribution in [0.4, 0.5) is 51.2 Å². The molecule has 148 heavy (non-hydrogen) atoms. The molecule has 3 heterocycles. The molecule has 0 saturated heterocycles. The molecule has 0 amide bonds. The van der Waals surface area contributed by atoms with Gasteiger partial charge in [-0.25, -0.2) is 0 Å². The Kier molecular flexibility index (Phi) is 23.3. The number of anilines is 9. The van der Waals surface area contributed by atoms with Gasteiger partial charge in [0.15, 0.2) is 0 Å². The predicted octanol–water partition coefficient (Wildman–Crippen LogP) is 39.4. The third-order valence-electron chi connectivity index (χ3n) is 29.1. The summed E-state index contributed by atoms with van der Waals surface area (Å²) in [4.78, 5) is 7.01. The summed E-state index contributed by atoms with van der Waals surface area (Å²) in [5.41, 5.74) is 35.2. The minimum Gasteiger partial charge on any atom is -0.311 e. The van der Waals surface area contributed by atoms with Gasteiger partial charge in [0.1, 0.15) is 0 Å². The van der Waals surface area contributed by atoms with Gasteiger partial charge in [0.05, 0.1) is 33.1 Å². The third kappa shape index (κ3) is 17.0. The monoisotopic (exact) mass is 1890 g/mol. The van der Waals surface area contributed by atoms with Gasteiger partial charge in [-0.3, -0.25) is 0 Å². The summed E-state index contributed by atoms with van der Waals surface area (Å²) in [7, 11) is 0. The number of hydrogen-bond acceptors (Lipinski definition) is 3. The van der Waals surface area contributed by atoms with Crippen LogP contribution in [0.2, 0.25) is 0 Å². The van der Waals surface area contributed by atoms with Gasteiger partial charge >= 0.3 is 0 Å². The molecule has 0 aliphatic heterocycles. The summed E-state index contributed by atoms with van der Waals surface area (Å²) in [6, 6.07) is 214. The molecule has 0 unspecified atom stereocenters. The lowest BCUT2D eigenvalue weighted by atomic mass is 10.0. The second-order valence-corrected chi connectivity index (χ2v) is 37.9. The first-order valence-electron chi connectivity index (χ1n) is 50.7. The van der Waals surface area contributed by atoms with Crippen LogP contribution in [0, 0.1) is 0 Å². The summed E-state index contributed by atoms with van der Waals surface area (Å²) in [6.07, 6.45) is 0. The zero-order valence-corrected chi connectivity index (χ0v) is 81.3. The number of aromatic nitrogens is 3. The van der Waals surface area contributed by atoms with Gasteiger partial charge in [0.25, 0.3) is 0 Å². The fourth-order valence-corrected chi connectivity index (χ4v) is 21.8. The van der Waals surface area contributed by atoms with Crippen molar-refractivity contribution in [1.29, 1.82) is 0 Å². The number of rotatable bonds is 18. The van der Waals surface area contributed by atoms with Crippen LogP contribution in [-0.4, -0.2) is 13.7 Å². The Hall–Kier alpha value is -19.7. The van der Waals surface area contributed by atoms with Crippen molar-refractivity contribution in [1.82, 2.24) is 13.7 Å². The lowest BCUT2D eigenvalue weighted by molar-refractivity contribution is 1.17. The Morgan fingerprint density at radius 2 is 0.297 bits per heavy atom. The zero-order chi connectivity index (χ0) is 98.2. The lowest BCUT2D eigenvalue weighted by Gasteiger charge is -2.26. The van der Waals surface area contributed by atoms with Gasteiger partial charge in [0, 0.05) is 101 Å². The van der Waals surface area contributed by atoms with Crippen LogP contribution in [0.15, 0.2) is 595 Å². The molecule has 0 N–H and O–H groups in total. The summed E-state index contributed by atoms with van der Waals surface area (Å²) in [5.74, 6) is 0. The first-order valence-corrected chi connectivity index (χ1v) is 50.7. The number of benzene rings is 25. The maximum absolute atomic E-state index is 2.39. The Balaban J connectivity index is 0.000000113. The minimum atomic E-state index is 1.10. The van der Waals surface area contributed by atoms with Crippen molar-refractivity contribution >= 4 is 160 Å². The van der Waals surface area contributed by atoms with Crippen molar-refractivity contribution in [2.24, 2.45) is 0 Å². The van der Waals surface area contributed by atoms with Crippen LogP contribution in [0.1, 0.15) is 0 Å². The minimum absolute atomic E-state index is 1.10. The van der Waals surface area contributed by atoms with Gasteiger partial charge in [-0.2, -0.15) is 0 Å². The summed E-state index contributed by atoms with van der Waals surface area (Å²) in [5, 5.41) is 17.7. The Labute approximate surface area is 860 Å². The summed E-state index contributed by atoms with van der Waals surface area (Å²) >= 11 is 0. The average Bonchev–Trinajstić information content (AvgIpc) is 1.57. The standard InChI is InChI=1S/C52H36N2.C46H32N2.C44H30N2/c1-2-10-37(11-3-1)39-20-28-45(29-21-39)53(47-32-26-42(27-33-47)44-19-18-38-12-4-5-13-43(38)36-44)46-30-22-40(23-31-46)41-24-34-48(35-25-41)54-51-16-8-6-14-49(51)50-15-7-9-17-52(50)54;1-2-10-33(11-3-1)35-20-24-39(25-21-35)47(40-26-22-36(23-27-40)38-19-18-34-12-4-5-13-37(34)32-38)41-28-30-42(31-29-41)48-45-16-8-6-14-43(45)44-15-7-9-17-46(44)48;1-2-13-36(14-3-1)45(37-23-20-32(21-24-37)35-19-18-31-10-4-5-12-34(31)30-35)38-25-27-39(28-26-38)46-42-17-9-8-16-41(42)44-40-15-7-6-11-33(40)22-29-43(44)46/h1-36H;1-32H;1-30H. The number of para-hydroxylation sites is 6. The predicted molar refractivity (Wildman–Crippen MR) is 629 cm³/mol. The molecule has 0 radical (unpaired) electrons. The van der Waals surface area contributed by atoms with Crippen molar-refractivity contribution < 1.29 is 0 Å². The van der Waals surface area contributed by atoms with E-state index in [4.69, 9.17) is 0 Å². The molecule has 3 aromatic heterocycles. The van der Waals surface area contributed by atoms with Crippen molar-refractivity contribution in [3.05, 3.63) is 595 Å². The van der Waals surface area contributed by atoms with Crippen molar-refractivity contribution in [3.63, 3.8) is 0 Å². The molecular weight excluding hydrogens is 1790 g/mol. The molecule has 28 rings (SSSR count). The van der Waals surface area contributed by atoms with Gasteiger partial charge in [-0.05, 0) is 310 Å². The topological polar surface area (TPSA) is 24.5 Å². The van der Waals surface area contributed by atoms with Crippen LogP contribution in [0.25, 0.3) is 192 Å². The molecule has 0 fully saturated rings. The number of nitrogens with zero attached hydrogens (tertiary/aromatic N) is 6. The molecule has 0 aliphatic rings. The summed E-state index contributed by atoms with van der Waals surface area (Å²) < 4.78 is 7.13. The van der Waals surface area contributed by atoms with E-state index in [2.05, 4.69) is 623 Å². The Morgan fingerprint density at radius 3 is 0.608 bits per heavy atom. The normalized spacial score (nSPS) is 11.4. The molecule has 0 bridgehead atoms. The van der Waals surface area contributed by atoms with Crippen molar-refractivity contribution in [2.75, 3.05) is 14.7 Å². The number of hydrogen-bond donors (Lipinski definition) is 0. The van der Waals surface area contributed by atoms with E-state index in [-0.39, 0.29) is 0 Å². The van der Waals surface area contributed by atoms with E-state index >= 15 is 0 Å². The maximum Gasteiger partial charge on any atom is 0.0547 e. The molecular formula is C142H98N6. The second kappa shape index (κ2) is 39.0. The van der Waals surface area contributed by atoms with Crippen LogP contribution >= 0.6 is 0 Å². The van der Waals surface area contributed by atoms with Crippen molar-refractivity contribution in [2.45, 2.75) is 0 Å². The highest BCUT2D eigenvalue weighted by atomic mass is 15.2. The fourth-order valence-electron chi connectivity index (χ4n) is 21.8. The molecule has 0 atom stereocenters. The number of fused-ring (bicyclic) bond motifs is 14. The van der Waals surface area contributed by atoms with Crippen LogP contribution in [0.5, 0.6) is 0 Å². The quantitative estimate of drug-likeness (QED) is 0.0856. The van der Waals surface area contributed by atoms with E-state index in [0.717, 1.165) is 68.2 Å². The van der Waals surface area contributed by atoms with Crippen LogP contribution in [0.3, 0.4) is 0 Å². The largest absolute Gasteiger partial charge is 0.311 e. The van der Waals surface area contributed by atoms with Gasteiger partial charge < -0.3 is 28.4 Å². The van der Waals surface area contributed by atoms with Gasteiger partial charge in [0.2, 0.25) is 0 Å². The van der Waals surface area contributed by atoms with Crippen molar-refractivity contribution in [3.8, 4) is 83.8 Å². The molecule has 0 saturated carbocycles. The highest BCUT2D eigenvalue weighted by Crippen LogP contribution is 2.46. The smallest absolute Gasteiger partial charge is 0.0547 e. The summed E-state index contributed by atoms with van der Waals surface area (Å²) in [6.45, 7) is 0. The van der Waals surface area contributed by atoms with Gasteiger partial charge in [-0.1, -0.05) is 394 Å². The molecule has 0 spiro atoms. The van der Waals surface area contributed by atoms with E-state index in [1.54, 1.807) is 0 Å². The molecule has 6 nitrogen and oxygen atoms in total. The fraction of sp³-hybridized carbons (Fsp3) is 0. The Bertz CT molecular complexity index is 9600. The van der Waals surface area contributed by atoms with E-state index in [0.29, 0.717) is 0 Å². The molecule has 696 valence electrons. The van der Waals surface area contributed by atoms with E-state index in [9.17, 15) is 0 Å². The van der Waals surface area contributed by atoms with Crippen LogP contribution in [-0.2, 0) is 0 Å². The molecule has 6 heteroatoms. The average molecular weight is 1890 g/mol. The third-order valence-corrected chi connectivity index (χ3v) is 29.1. The first-order chi connectivity index (χ1) is 73.4. The molecule has 28 aromatic rings. The van der Waals surface area contributed by atoms with E-state index in [1.165, 1.54) is 175 Å². The highest BCUT2D eigenvalue weighted by molar-refractivity contribution is 6.21. The molecule has 0 aliphatic carbocycles. The van der Waals surface area contributed by atoms with Gasteiger partial charge in [-0.15, -0.1) is 0 Å².